The first-order valence-corrected chi connectivity index (χ1v) is 14.5. The first kappa shape index (κ1) is 27.7. The maximum Gasteiger partial charge on any atom is 0.254 e. The van der Waals surface area contributed by atoms with E-state index in [4.69, 9.17) is 5.73 Å². The Bertz CT molecular complexity index is 1520. The van der Waals surface area contributed by atoms with Crippen LogP contribution in [0.1, 0.15) is 41.6 Å². The normalized spacial score (nSPS) is 23.0. The van der Waals surface area contributed by atoms with Crippen molar-refractivity contribution < 1.29 is 9.59 Å². The van der Waals surface area contributed by atoms with Gasteiger partial charge in [-0.3, -0.25) is 24.2 Å². The number of amides is 2. The molecule has 2 aliphatic heterocycles. The second-order valence-electron chi connectivity index (χ2n) is 11.9. The van der Waals surface area contributed by atoms with Crippen LogP contribution in [0, 0.1) is 29.1 Å². The number of anilines is 1. The zero-order chi connectivity index (χ0) is 29.3. The summed E-state index contributed by atoms with van der Waals surface area (Å²) >= 11 is 0. The Morgan fingerprint density at radius 3 is 2.45 bits per heavy atom. The van der Waals surface area contributed by atoms with Crippen LogP contribution < -0.4 is 11.1 Å². The highest BCUT2D eigenvalue weighted by molar-refractivity contribution is 6.03. The number of rotatable bonds is 9. The van der Waals surface area contributed by atoms with Crippen molar-refractivity contribution in [1.29, 1.82) is 5.26 Å². The van der Waals surface area contributed by atoms with Gasteiger partial charge in [-0.15, -0.1) is 0 Å². The summed E-state index contributed by atoms with van der Waals surface area (Å²) in [6.07, 6.45) is 5.94. The van der Waals surface area contributed by atoms with Crippen molar-refractivity contribution in [2.75, 3.05) is 32.0 Å². The second-order valence-corrected chi connectivity index (χ2v) is 11.9. The molecule has 6 rings (SSSR count). The van der Waals surface area contributed by atoms with E-state index in [0.717, 1.165) is 32.6 Å². The van der Waals surface area contributed by atoms with Crippen molar-refractivity contribution in [3.63, 3.8) is 0 Å². The minimum atomic E-state index is -0.656. The van der Waals surface area contributed by atoms with Crippen molar-refractivity contribution in [2.45, 2.75) is 37.8 Å². The quantitative estimate of drug-likeness (QED) is 0.408. The number of aromatic nitrogens is 2. The molecule has 3 atom stereocenters. The third-order valence-electron chi connectivity index (χ3n) is 9.03. The van der Waals surface area contributed by atoms with Gasteiger partial charge < -0.3 is 11.1 Å². The molecule has 0 radical (unpaired) electrons. The van der Waals surface area contributed by atoms with Crippen LogP contribution in [0.4, 0.5) is 5.82 Å². The highest BCUT2D eigenvalue weighted by atomic mass is 16.2. The number of carbonyl (C=O) groups excluding carboxylic acids is 2. The standard InChI is InChI=1S/C32H36N8O2/c1-38-20-25(18-35-38)26-17-27(26)31(42)36-30-28(29(34)41)21-40(37-30)32(11-14-33)12-15-39(16-13-32)19-22-7-9-24(10-8-22)23-5-3-2-4-6-23/h2-10,18,21,25-27H,11-13,15-17,19-20H2,1H3,(H2,34,41)(H,36,37,42)/t25?,26-,27+/m1/s1. The molecule has 10 nitrogen and oxygen atoms in total. The van der Waals surface area contributed by atoms with Gasteiger partial charge in [-0.2, -0.15) is 15.5 Å². The van der Waals surface area contributed by atoms with Gasteiger partial charge in [0.1, 0.15) is 5.56 Å². The lowest BCUT2D eigenvalue weighted by Crippen LogP contribution is -2.46. The van der Waals surface area contributed by atoms with Crippen molar-refractivity contribution in [1.82, 2.24) is 19.7 Å². The predicted molar refractivity (Wildman–Crippen MR) is 160 cm³/mol. The largest absolute Gasteiger partial charge is 0.365 e. The Morgan fingerprint density at radius 1 is 1.10 bits per heavy atom. The molecule has 1 unspecified atom stereocenters. The maximum absolute atomic E-state index is 13.1. The number of hydrogen-bond acceptors (Lipinski definition) is 7. The molecule has 2 aromatic carbocycles. The van der Waals surface area contributed by atoms with Crippen LogP contribution in [0.3, 0.4) is 0 Å². The molecule has 216 valence electrons. The van der Waals surface area contributed by atoms with Crippen molar-refractivity contribution in [3.8, 4) is 17.2 Å². The molecule has 3 aliphatic rings. The lowest BCUT2D eigenvalue weighted by molar-refractivity contribution is -0.117. The van der Waals surface area contributed by atoms with Gasteiger partial charge in [0.25, 0.3) is 5.91 Å². The summed E-state index contributed by atoms with van der Waals surface area (Å²) in [4.78, 5) is 27.8. The van der Waals surface area contributed by atoms with Crippen LogP contribution in [0.5, 0.6) is 0 Å². The molecule has 42 heavy (non-hydrogen) atoms. The number of likely N-dealkylation sites (tertiary alicyclic amines) is 1. The van der Waals surface area contributed by atoms with E-state index in [1.165, 1.54) is 16.7 Å². The van der Waals surface area contributed by atoms with E-state index >= 15 is 0 Å². The second kappa shape index (κ2) is 11.4. The van der Waals surface area contributed by atoms with Crippen LogP contribution in [0.25, 0.3) is 11.1 Å². The zero-order valence-electron chi connectivity index (χ0n) is 23.8. The average Bonchev–Trinajstić information content (AvgIpc) is 3.50. The number of nitrogens with two attached hydrogens (primary N) is 1. The highest BCUT2D eigenvalue weighted by Crippen LogP contribution is 2.46. The van der Waals surface area contributed by atoms with E-state index in [-0.39, 0.29) is 41.5 Å². The summed E-state index contributed by atoms with van der Waals surface area (Å²) in [5.41, 5.74) is 8.91. The van der Waals surface area contributed by atoms with Gasteiger partial charge >= 0.3 is 0 Å². The van der Waals surface area contributed by atoms with Crippen LogP contribution >= 0.6 is 0 Å². The fraction of sp³-hybridized carbons (Fsp3) is 0.406. The van der Waals surface area contributed by atoms with E-state index in [9.17, 15) is 14.9 Å². The third kappa shape index (κ3) is 5.65. The molecule has 2 amide bonds. The maximum atomic E-state index is 13.1. The van der Waals surface area contributed by atoms with Crippen molar-refractivity contribution in [3.05, 3.63) is 71.9 Å². The molecular formula is C32H36N8O2. The number of hydrogen-bond donors (Lipinski definition) is 2. The molecule has 1 aliphatic carbocycles. The minimum Gasteiger partial charge on any atom is -0.365 e. The fourth-order valence-corrected chi connectivity index (χ4v) is 6.39. The molecule has 10 heteroatoms. The molecule has 2 fully saturated rings. The monoisotopic (exact) mass is 564 g/mol. The molecule has 1 saturated heterocycles. The first-order chi connectivity index (χ1) is 20.3. The van der Waals surface area contributed by atoms with E-state index in [1.54, 1.807) is 10.9 Å². The molecule has 1 aromatic heterocycles. The van der Waals surface area contributed by atoms with Crippen molar-refractivity contribution in [2.24, 2.45) is 28.6 Å². The summed E-state index contributed by atoms with van der Waals surface area (Å²) in [5.74, 6) is -0.285. The SMILES string of the molecule is CN1CC([C@H]2C[C@@H]2C(=O)Nc2nn(C3(CC#N)CCN(Cc4ccc(-c5ccccc5)cc4)CC3)cc2C(N)=O)C=N1. The van der Waals surface area contributed by atoms with E-state index < -0.39 is 11.4 Å². The molecule has 0 spiro atoms. The summed E-state index contributed by atoms with van der Waals surface area (Å²) in [6.45, 7) is 3.17. The van der Waals surface area contributed by atoms with E-state index in [1.807, 2.05) is 36.5 Å². The molecule has 0 bridgehead atoms. The number of carbonyl (C=O) groups is 2. The summed E-state index contributed by atoms with van der Waals surface area (Å²) in [5, 5.41) is 23.4. The topological polar surface area (TPSA) is 133 Å². The summed E-state index contributed by atoms with van der Waals surface area (Å²) in [7, 11) is 1.92. The Hall–Kier alpha value is -4.49. The molecule has 3 aromatic rings. The molecular weight excluding hydrogens is 528 g/mol. The number of benzene rings is 2. The molecule has 3 N–H and O–H groups in total. The van der Waals surface area contributed by atoms with E-state index in [0.29, 0.717) is 12.8 Å². The van der Waals surface area contributed by atoms with Crippen LogP contribution in [-0.2, 0) is 16.9 Å². The fourth-order valence-electron chi connectivity index (χ4n) is 6.39. The van der Waals surface area contributed by atoms with Gasteiger partial charge in [-0.05, 0) is 41.9 Å². The van der Waals surface area contributed by atoms with Gasteiger partial charge in [-0.1, -0.05) is 54.6 Å². The highest BCUT2D eigenvalue weighted by Gasteiger charge is 2.48. The van der Waals surface area contributed by atoms with Crippen LogP contribution in [-0.4, -0.2) is 64.4 Å². The van der Waals surface area contributed by atoms with Gasteiger partial charge in [0.05, 0.1) is 18.0 Å². The Labute approximate surface area is 245 Å². The van der Waals surface area contributed by atoms with Crippen LogP contribution in [0.15, 0.2) is 65.9 Å². The average molecular weight is 565 g/mol. The molecule has 1 saturated carbocycles. The number of nitrogens with zero attached hydrogens (tertiary/aromatic N) is 6. The Morgan fingerprint density at radius 2 is 1.81 bits per heavy atom. The summed E-state index contributed by atoms with van der Waals surface area (Å²) in [6, 6.07) is 21.3. The first-order valence-electron chi connectivity index (χ1n) is 14.5. The summed E-state index contributed by atoms with van der Waals surface area (Å²) < 4.78 is 1.71. The van der Waals surface area contributed by atoms with E-state index in [2.05, 4.69) is 62.9 Å². The predicted octanol–water partition coefficient (Wildman–Crippen LogP) is 3.68. The zero-order valence-corrected chi connectivity index (χ0v) is 23.8. The number of nitriles is 1. The van der Waals surface area contributed by atoms with Crippen molar-refractivity contribution >= 4 is 23.8 Å². The Kier molecular flexibility index (Phi) is 7.52. The molecule has 3 heterocycles. The number of piperidine rings is 1. The number of nitrogens with one attached hydrogen (secondary N) is 1. The van der Waals surface area contributed by atoms with Gasteiger partial charge in [0, 0.05) is 57.5 Å². The smallest absolute Gasteiger partial charge is 0.254 e. The number of hydrazone groups is 1. The minimum absolute atomic E-state index is 0.142. The van der Waals surface area contributed by atoms with Gasteiger partial charge in [0.15, 0.2) is 5.82 Å². The Balaban J connectivity index is 1.12. The van der Waals surface area contributed by atoms with Gasteiger partial charge in [0.2, 0.25) is 5.91 Å². The lowest BCUT2D eigenvalue weighted by Gasteiger charge is -2.40. The third-order valence-corrected chi connectivity index (χ3v) is 9.03. The lowest BCUT2D eigenvalue weighted by atomic mass is 9.84. The number of primary amides is 1. The van der Waals surface area contributed by atoms with Crippen LogP contribution in [0.2, 0.25) is 0 Å². The van der Waals surface area contributed by atoms with Gasteiger partial charge in [-0.25, -0.2) is 0 Å².